The first-order valence-corrected chi connectivity index (χ1v) is 7.10. The van der Waals surface area contributed by atoms with E-state index in [-0.39, 0.29) is 18.6 Å². The lowest BCUT2D eigenvalue weighted by atomic mass is 10.1. The molecule has 0 saturated heterocycles. The number of carbonyl (C=O) groups excluding carboxylic acids is 1. The fourth-order valence-electron chi connectivity index (χ4n) is 2.43. The molecule has 1 aromatic heterocycles. The first-order chi connectivity index (χ1) is 10.2. The first-order valence-electron chi connectivity index (χ1n) is 7.10. The van der Waals surface area contributed by atoms with Crippen molar-refractivity contribution in [3.05, 3.63) is 41.7 Å². The Hall–Kier alpha value is -2.21. The molecule has 2 aromatic rings. The van der Waals surface area contributed by atoms with Crippen molar-refractivity contribution in [1.29, 1.82) is 0 Å². The number of aliphatic hydroxyl groups excluding tert-OH is 1. The summed E-state index contributed by atoms with van der Waals surface area (Å²) < 4.78 is 0. The molecule has 0 atom stereocenters. The molecule has 1 N–H and O–H groups in total. The average Bonchev–Trinajstić information content (AvgIpc) is 3.18. The Morgan fingerprint density at radius 3 is 2.71 bits per heavy atom. The summed E-state index contributed by atoms with van der Waals surface area (Å²) in [6, 6.07) is 5.90. The third-order valence-electron chi connectivity index (χ3n) is 3.61. The van der Waals surface area contributed by atoms with E-state index in [1.807, 2.05) is 25.1 Å². The van der Waals surface area contributed by atoms with Gasteiger partial charge in [-0.05, 0) is 31.9 Å². The summed E-state index contributed by atoms with van der Waals surface area (Å²) in [5.74, 6) is -0.0671. The van der Waals surface area contributed by atoms with Gasteiger partial charge in [-0.2, -0.15) is 15.0 Å². The van der Waals surface area contributed by atoms with E-state index in [0.717, 1.165) is 18.4 Å². The average molecular weight is 286 g/mol. The molecule has 3 rings (SSSR count). The summed E-state index contributed by atoms with van der Waals surface area (Å²) in [5.41, 5.74) is 2.25. The normalized spacial score (nSPS) is 14.2. The molecule has 0 bridgehead atoms. The van der Waals surface area contributed by atoms with Crippen molar-refractivity contribution in [3.63, 3.8) is 0 Å². The van der Waals surface area contributed by atoms with Gasteiger partial charge in [0.2, 0.25) is 0 Å². The summed E-state index contributed by atoms with van der Waals surface area (Å²) in [7, 11) is 0. The van der Waals surface area contributed by atoms with E-state index in [2.05, 4.69) is 10.2 Å². The molecular weight excluding hydrogens is 268 g/mol. The maximum Gasteiger partial charge on any atom is 0.256 e. The van der Waals surface area contributed by atoms with Crippen LogP contribution >= 0.6 is 0 Å². The molecule has 0 radical (unpaired) electrons. The smallest absolute Gasteiger partial charge is 0.256 e. The molecule has 1 saturated carbocycles. The summed E-state index contributed by atoms with van der Waals surface area (Å²) >= 11 is 0. The number of hydrogen-bond acceptors (Lipinski definition) is 4. The van der Waals surface area contributed by atoms with Gasteiger partial charge < -0.3 is 10.0 Å². The first kappa shape index (κ1) is 13.8. The maximum atomic E-state index is 12.8. The minimum absolute atomic E-state index is 0.0244. The van der Waals surface area contributed by atoms with E-state index in [1.54, 1.807) is 17.3 Å². The molecule has 0 aliphatic heterocycles. The van der Waals surface area contributed by atoms with Gasteiger partial charge in [0.05, 0.1) is 30.3 Å². The number of benzene rings is 1. The number of aliphatic hydroxyl groups is 1. The molecule has 1 aromatic carbocycles. The van der Waals surface area contributed by atoms with Crippen molar-refractivity contribution < 1.29 is 9.90 Å². The van der Waals surface area contributed by atoms with Gasteiger partial charge in [-0.3, -0.25) is 4.79 Å². The second-order valence-electron chi connectivity index (χ2n) is 5.29. The number of aromatic nitrogens is 3. The van der Waals surface area contributed by atoms with Crippen LogP contribution in [0.4, 0.5) is 0 Å². The zero-order valence-corrected chi connectivity index (χ0v) is 11.9. The number of rotatable bonds is 5. The van der Waals surface area contributed by atoms with Gasteiger partial charge in [0, 0.05) is 12.6 Å². The van der Waals surface area contributed by atoms with Crippen molar-refractivity contribution in [2.24, 2.45) is 0 Å². The molecule has 1 aliphatic rings. The lowest BCUT2D eigenvalue weighted by molar-refractivity contribution is 0.0707. The van der Waals surface area contributed by atoms with Gasteiger partial charge in [0.15, 0.2) is 0 Å². The molecular formula is C15H18N4O2. The van der Waals surface area contributed by atoms with Crippen molar-refractivity contribution >= 4 is 5.91 Å². The van der Waals surface area contributed by atoms with E-state index in [4.69, 9.17) is 0 Å². The van der Waals surface area contributed by atoms with Crippen molar-refractivity contribution in [2.75, 3.05) is 13.2 Å². The Morgan fingerprint density at radius 1 is 1.38 bits per heavy atom. The molecule has 6 heteroatoms. The minimum Gasteiger partial charge on any atom is -0.395 e. The molecule has 6 nitrogen and oxygen atoms in total. The van der Waals surface area contributed by atoms with E-state index < -0.39 is 0 Å². The van der Waals surface area contributed by atoms with Crippen molar-refractivity contribution in [3.8, 4) is 5.69 Å². The summed E-state index contributed by atoms with van der Waals surface area (Å²) in [4.78, 5) is 16.0. The van der Waals surface area contributed by atoms with Crippen LogP contribution in [0.2, 0.25) is 0 Å². The molecule has 1 amide bonds. The highest BCUT2D eigenvalue weighted by molar-refractivity contribution is 5.98. The van der Waals surface area contributed by atoms with E-state index >= 15 is 0 Å². The number of aryl methyl sites for hydroxylation is 1. The SMILES string of the molecule is Cc1ccc(-n2nccn2)c(C(=O)N(CCO)C2CC2)c1. The van der Waals surface area contributed by atoms with Gasteiger partial charge in [-0.1, -0.05) is 11.6 Å². The third-order valence-corrected chi connectivity index (χ3v) is 3.61. The highest BCUT2D eigenvalue weighted by atomic mass is 16.3. The molecule has 1 fully saturated rings. The Morgan fingerprint density at radius 2 is 2.10 bits per heavy atom. The van der Waals surface area contributed by atoms with Gasteiger partial charge in [0.25, 0.3) is 5.91 Å². The van der Waals surface area contributed by atoms with Gasteiger partial charge in [-0.15, -0.1) is 0 Å². The Kier molecular flexibility index (Phi) is 3.70. The lowest BCUT2D eigenvalue weighted by Gasteiger charge is -2.22. The van der Waals surface area contributed by atoms with Crippen LogP contribution in [0.3, 0.4) is 0 Å². The van der Waals surface area contributed by atoms with Crippen molar-refractivity contribution in [2.45, 2.75) is 25.8 Å². The van der Waals surface area contributed by atoms with E-state index in [0.29, 0.717) is 17.8 Å². The Labute approximate surface area is 123 Å². The fourth-order valence-corrected chi connectivity index (χ4v) is 2.43. The minimum atomic E-state index is -0.0671. The largest absolute Gasteiger partial charge is 0.395 e. The van der Waals surface area contributed by atoms with Crippen LogP contribution in [-0.4, -0.2) is 50.1 Å². The second-order valence-corrected chi connectivity index (χ2v) is 5.29. The Balaban J connectivity index is 2.00. The van der Waals surface area contributed by atoms with Crippen LogP contribution in [0.1, 0.15) is 28.8 Å². The van der Waals surface area contributed by atoms with Gasteiger partial charge in [-0.25, -0.2) is 0 Å². The molecule has 1 aliphatic carbocycles. The molecule has 0 spiro atoms. The summed E-state index contributed by atoms with van der Waals surface area (Å²) in [6.45, 7) is 2.29. The zero-order chi connectivity index (χ0) is 14.8. The van der Waals surface area contributed by atoms with Gasteiger partial charge >= 0.3 is 0 Å². The molecule has 0 unspecified atom stereocenters. The lowest BCUT2D eigenvalue weighted by Crippen LogP contribution is -2.36. The highest BCUT2D eigenvalue weighted by Crippen LogP contribution is 2.29. The van der Waals surface area contributed by atoms with E-state index in [9.17, 15) is 9.90 Å². The Bertz CT molecular complexity index is 635. The number of hydrogen-bond donors (Lipinski definition) is 1. The van der Waals surface area contributed by atoms with Crippen LogP contribution in [0.15, 0.2) is 30.6 Å². The predicted octanol–water partition coefficient (Wildman–Crippen LogP) is 1.17. The number of carbonyl (C=O) groups is 1. The highest BCUT2D eigenvalue weighted by Gasteiger charge is 2.33. The zero-order valence-electron chi connectivity index (χ0n) is 11.9. The summed E-state index contributed by atoms with van der Waals surface area (Å²) in [5, 5.41) is 17.4. The standard InChI is InChI=1S/C15H18N4O2/c1-11-2-5-14(19-16-6-7-17-19)13(10-11)15(21)18(8-9-20)12-3-4-12/h2,5-7,10,12,20H,3-4,8-9H2,1H3. The van der Waals surface area contributed by atoms with Crippen molar-refractivity contribution in [1.82, 2.24) is 19.9 Å². The maximum absolute atomic E-state index is 12.8. The van der Waals surface area contributed by atoms with Crippen LogP contribution < -0.4 is 0 Å². The quantitative estimate of drug-likeness (QED) is 0.895. The molecule has 21 heavy (non-hydrogen) atoms. The topological polar surface area (TPSA) is 71.2 Å². The monoisotopic (exact) mass is 286 g/mol. The number of nitrogens with zero attached hydrogens (tertiary/aromatic N) is 4. The fraction of sp³-hybridized carbons (Fsp3) is 0.400. The predicted molar refractivity (Wildman–Crippen MR) is 77.2 cm³/mol. The van der Waals surface area contributed by atoms with Gasteiger partial charge in [0.1, 0.15) is 0 Å². The van der Waals surface area contributed by atoms with E-state index in [1.165, 1.54) is 4.80 Å². The molecule has 1 heterocycles. The van der Waals surface area contributed by atoms with Crippen LogP contribution in [0, 0.1) is 6.92 Å². The van der Waals surface area contributed by atoms with Crippen LogP contribution in [-0.2, 0) is 0 Å². The van der Waals surface area contributed by atoms with Crippen LogP contribution in [0.25, 0.3) is 5.69 Å². The molecule has 110 valence electrons. The third kappa shape index (κ3) is 2.80. The van der Waals surface area contributed by atoms with Crippen LogP contribution in [0.5, 0.6) is 0 Å². The summed E-state index contributed by atoms with van der Waals surface area (Å²) in [6.07, 6.45) is 5.18. The number of amides is 1. The second kappa shape index (κ2) is 5.65.